The summed E-state index contributed by atoms with van der Waals surface area (Å²) in [5.74, 6) is 1.03. The third kappa shape index (κ3) is 5.30. The van der Waals surface area contributed by atoms with Crippen LogP contribution in [0.1, 0.15) is 41.6 Å². The molecule has 1 aromatic carbocycles. The summed E-state index contributed by atoms with van der Waals surface area (Å²) in [5.41, 5.74) is 2.79. The third-order valence-corrected chi connectivity index (χ3v) is 4.84. The van der Waals surface area contributed by atoms with Crippen LogP contribution in [0.4, 0.5) is 4.39 Å². The van der Waals surface area contributed by atoms with Gasteiger partial charge >= 0.3 is 0 Å². The Morgan fingerprint density at radius 2 is 2.12 bits per heavy atom. The number of rotatable bonds is 6. The lowest BCUT2D eigenvalue weighted by atomic mass is 10.1. The summed E-state index contributed by atoms with van der Waals surface area (Å²) in [7, 11) is 1.74. The summed E-state index contributed by atoms with van der Waals surface area (Å²) < 4.78 is 13.3. The highest BCUT2D eigenvalue weighted by atomic mass is 32.1. The van der Waals surface area contributed by atoms with Gasteiger partial charge in [-0.25, -0.2) is 9.37 Å². The molecule has 1 aromatic heterocycles. The molecule has 6 heteroatoms. The predicted octanol–water partition coefficient (Wildman–Crippen LogP) is 3.62. The molecule has 0 atom stereocenters. The quantitative estimate of drug-likeness (QED) is 0.619. The van der Waals surface area contributed by atoms with E-state index in [9.17, 15) is 4.39 Å². The Morgan fingerprint density at radius 3 is 2.75 bits per heavy atom. The maximum atomic E-state index is 13.3. The van der Waals surface area contributed by atoms with Crippen LogP contribution in [0.25, 0.3) is 0 Å². The van der Waals surface area contributed by atoms with Crippen LogP contribution < -0.4 is 10.6 Å². The molecule has 0 aliphatic heterocycles. The van der Waals surface area contributed by atoms with E-state index in [0.29, 0.717) is 18.0 Å². The van der Waals surface area contributed by atoms with Crippen LogP contribution in [-0.2, 0) is 13.0 Å². The van der Waals surface area contributed by atoms with E-state index in [-0.39, 0.29) is 5.82 Å². The average molecular weight is 348 g/mol. The van der Waals surface area contributed by atoms with Crippen molar-refractivity contribution in [2.45, 2.75) is 39.7 Å². The minimum atomic E-state index is -0.176. The fourth-order valence-electron chi connectivity index (χ4n) is 2.23. The van der Waals surface area contributed by atoms with Gasteiger partial charge in [0.1, 0.15) is 5.82 Å². The summed E-state index contributed by atoms with van der Waals surface area (Å²) in [6.45, 7) is 7.46. The minimum Gasteiger partial charge on any atom is -0.356 e. The molecule has 0 spiro atoms. The zero-order chi connectivity index (χ0) is 17.5. The van der Waals surface area contributed by atoms with Crippen molar-refractivity contribution in [2.75, 3.05) is 13.6 Å². The first-order valence-corrected chi connectivity index (χ1v) is 9.01. The maximum Gasteiger partial charge on any atom is 0.191 e. The summed E-state index contributed by atoms with van der Waals surface area (Å²) in [6.07, 6.45) is 0.861. The van der Waals surface area contributed by atoms with Gasteiger partial charge in [0.25, 0.3) is 0 Å². The molecule has 24 heavy (non-hydrogen) atoms. The number of aryl methyl sites for hydroxylation is 1. The van der Waals surface area contributed by atoms with Crippen LogP contribution in [-0.4, -0.2) is 24.5 Å². The molecular formula is C18H25FN4S. The van der Waals surface area contributed by atoms with Crippen LogP contribution in [0.3, 0.4) is 0 Å². The lowest BCUT2D eigenvalue weighted by Gasteiger charge is -2.12. The first-order valence-electron chi connectivity index (χ1n) is 8.13. The largest absolute Gasteiger partial charge is 0.356 e. The van der Waals surface area contributed by atoms with E-state index in [2.05, 4.69) is 39.8 Å². The van der Waals surface area contributed by atoms with E-state index < -0.39 is 0 Å². The number of hydrogen-bond acceptors (Lipinski definition) is 3. The number of aliphatic imine (C=N–C) groups is 1. The molecule has 0 amide bonds. The van der Waals surface area contributed by atoms with Gasteiger partial charge in [0, 0.05) is 37.9 Å². The van der Waals surface area contributed by atoms with Gasteiger partial charge in [-0.1, -0.05) is 26.0 Å². The number of benzene rings is 1. The Bertz CT molecular complexity index is 694. The number of nitrogens with zero attached hydrogens (tertiary/aromatic N) is 2. The van der Waals surface area contributed by atoms with Gasteiger partial charge < -0.3 is 10.6 Å². The van der Waals surface area contributed by atoms with Crippen LogP contribution in [0.2, 0.25) is 0 Å². The number of nitrogens with one attached hydrogen (secondary N) is 2. The van der Waals surface area contributed by atoms with E-state index in [4.69, 9.17) is 0 Å². The monoisotopic (exact) mass is 348 g/mol. The predicted molar refractivity (Wildman–Crippen MR) is 99.2 cm³/mol. The smallest absolute Gasteiger partial charge is 0.191 e. The number of halogens is 1. The highest BCUT2D eigenvalue weighted by Gasteiger charge is 2.06. The summed E-state index contributed by atoms with van der Waals surface area (Å²) >= 11 is 1.72. The second-order valence-corrected chi connectivity index (χ2v) is 6.91. The lowest BCUT2D eigenvalue weighted by molar-refractivity contribution is 0.617. The Balaban J connectivity index is 1.78. The Labute approximate surface area is 147 Å². The minimum absolute atomic E-state index is 0.176. The highest BCUT2D eigenvalue weighted by molar-refractivity contribution is 7.09. The number of guanidine groups is 1. The molecule has 130 valence electrons. The lowest BCUT2D eigenvalue weighted by Crippen LogP contribution is -2.37. The van der Waals surface area contributed by atoms with E-state index in [1.807, 2.05) is 6.07 Å². The van der Waals surface area contributed by atoms with E-state index >= 15 is 0 Å². The third-order valence-electron chi connectivity index (χ3n) is 3.64. The standard InChI is InChI=1S/C18H25FN4S/c1-12(2)17-23-15(11-24-17)7-8-21-18(20-4)22-10-14-5-6-16(19)13(3)9-14/h5-6,9,11-12H,7-8,10H2,1-4H3,(H2,20,21,22). The number of hydrogen-bond donors (Lipinski definition) is 2. The van der Waals surface area contributed by atoms with Crippen LogP contribution in [0.15, 0.2) is 28.6 Å². The topological polar surface area (TPSA) is 49.3 Å². The van der Waals surface area contributed by atoms with Crippen LogP contribution in [0.5, 0.6) is 0 Å². The van der Waals surface area contributed by atoms with Crippen molar-refractivity contribution in [1.82, 2.24) is 15.6 Å². The fourth-order valence-corrected chi connectivity index (χ4v) is 3.10. The van der Waals surface area contributed by atoms with Gasteiger partial charge in [-0.15, -0.1) is 11.3 Å². The van der Waals surface area contributed by atoms with Crippen molar-refractivity contribution in [3.8, 4) is 0 Å². The van der Waals surface area contributed by atoms with E-state index in [1.165, 1.54) is 11.1 Å². The van der Waals surface area contributed by atoms with Gasteiger partial charge in [0.2, 0.25) is 0 Å². The molecular weight excluding hydrogens is 323 g/mol. The number of thiazole rings is 1. The molecule has 4 nitrogen and oxygen atoms in total. The summed E-state index contributed by atoms with van der Waals surface area (Å²) in [6, 6.07) is 5.13. The second kappa shape index (κ2) is 8.78. The molecule has 0 aliphatic rings. The fraction of sp³-hybridized carbons (Fsp3) is 0.444. The average Bonchev–Trinajstić information content (AvgIpc) is 3.03. The molecule has 0 saturated heterocycles. The van der Waals surface area contributed by atoms with Gasteiger partial charge in [-0.3, -0.25) is 4.99 Å². The molecule has 1 heterocycles. The van der Waals surface area contributed by atoms with Gasteiger partial charge in [0.15, 0.2) is 5.96 Å². The SMILES string of the molecule is CN=C(NCCc1csc(C(C)C)n1)NCc1ccc(F)c(C)c1. The normalized spacial score (nSPS) is 11.8. The van der Waals surface area contributed by atoms with Crippen LogP contribution in [0, 0.1) is 12.7 Å². The van der Waals surface area contributed by atoms with Crippen molar-refractivity contribution in [3.05, 3.63) is 51.2 Å². The molecule has 0 saturated carbocycles. The zero-order valence-electron chi connectivity index (χ0n) is 14.7. The molecule has 2 aromatic rings. The highest BCUT2D eigenvalue weighted by Crippen LogP contribution is 2.19. The van der Waals surface area contributed by atoms with Gasteiger partial charge in [0.05, 0.1) is 10.7 Å². The second-order valence-electron chi connectivity index (χ2n) is 6.02. The van der Waals surface area contributed by atoms with E-state index in [0.717, 1.165) is 30.2 Å². The van der Waals surface area contributed by atoms with Crippen LogP contribution >= 0.6 is 11.3 Å². The van der Waals surface area contributed by atoms with Gasteiger partial charge in [-0.05, 0) is 24.1 Å². The van der Waals surface area contributed by atoms with Gasteiger partial charge in [-0.2, -0.15) is 0 Å². The first-order chi connectivity index (χ1) is 11.5. The Kier molecular flexibility index (Phi) is 6.73. The summed E-state index contributed by atoms with van der Waals surface area (Å²) in [5, 5.41) is 9.82. The number of aromatic nitrogens is 1. The molecule has 0 fully saturated rings. The van der Waals surface area contributed by atoms with Crippen molar-refractivity contribution in [1.29, 1.82) is 0 Å². The molecule has 2 rings (SSSR count). The molecule has 0 radical (unpaired) electrons. The zero-order valence-corrected chi connectivity index (χ0v) is 15.5. The molecule has 0 bridgehead atoms. The van der Waals surface area contributed by atoms with Crippen molar-refractivity contribution >= 4 is 17.3 Å². The van der Waals surface area contributed by atoms with Crippen molar-refractivity contribution < 1.29 is 4.39 Å². The van der Waals surface area contributed by atoms with Crippen molar-refractivity contribution in [3.63, 3.8) is 0 Å². The molecule has 0 unspecified atom stereocenters. The Morgan fingerprint density at radius 1 is 1.33 bits per heavy atom. The Hall–Kier alpha value is -1.95. The first kappa shape index (κ1) is 18.4. The molecule has 0 aliphatic carbocycles. The van der Waals surface area contributed by atoms with Crippen molar-refractivity contribution in [2.24, 2.45) is 4.99 Å². The molecule has 2 N–H and O–H groups in total. The van der Waals surface area contributed by atoms with E-state index in [1.54, 1.807) is 31.4 Å². The summed E-state index contributed by atoms with van der Waals surface area (Å²) in [4.78, 5) is 8.84. The maximum absolute atomic E-state index is 13.3.